The number of fused-ring (bicyclic) bond motifs is 2. The Kier molecular flexibility index (Phi) is 7.59. The molecule has 3 N–H and O–H groups in total. The monoisotopic (exact) mass is 554 g/mol. The molecule has 1 aliphatic carbocycles. The topological polar surface area (TPSA) is 109 Å². The van der Waals surface area contributed by atoms with Crippen molar-refractivity contribution >= 4 is 33.9 Å². The summed E-state index contributed by atoms with van der Waals surface area (Å²) in [5.74, 6) is 1.30. The van der Waals surface area contributed by atoms with E-state index in [-0.39, 0.29) is 23.9 Å². The predicted molar refractivity (Wildman–Crippen MR) is 161 cm³/mol. The number of hydrogen-bond donors (Lipinski definition) is 3. The molecule has 0 spiro atoms. The molecule has 2 amide bonds. The molecule has 3 aromatic heterocycles. The molecule has 4 heterocycles. The first-order valence-electron chi connectivity index (χ1n) is 14.4. The van der Waals surface area contributed by atoms with Crippen LogP contribution >= 0.6 is 0 Å². The third kappa shape index (κ3) is 6.03. The van der Waals surface area contributed by atoms with Gasteiger partial charge >= 0.3 is 0 Å². The molecule has 0 bridgehead atoms. The third-order valence-corrected chi connectivity index (χ3v) is 7.94. The standard InChI is InChI=1S/C31H38N8O2/c1-37(2)13-5-7-28(40)34-23-16-24(18-32-17-23)35-31(41)22-10-11-26-25(14-22)36-30(38(26)3)27-15-21-6-4-12-33-29(21)39(27)19-20-8-9-20/h4-7,10-12,14-15,20,23-24,32H,8-9,13,16-19H2,1-3H3,(H,34,40)(H,35,41)/b7-5-/t23-,24+/m0/s1. The number of carbonyl (C=O) groups excluding carboxylic acids is 2. The molecule has 1 saturated heterocycles. The highest BCUT2D eigenvalue weighted by Gasteiger charge is 2.27. The molecule has 4 aromatic rings. The highest BCUT2D eigenvalue weighted by atomic mass is 16.2. The number of imidazole rings is 1. The molecule has 2 atom stereocenters. The number of hydrogen-bond acceptors (Lipinski definition) is 6. The van der Waals surface area contributed by atoms with E-state index in [2.05, 4.69) is 42.2 Å². The van der Waals surface area contributed by atoms with Crippen molar-refractivity contribution in [3.63, 3.8) is 0 Å². The lowest BCUT2D eigenvalue weighted by Crippen LogP contribution is -2.55. The van der Waals surface area contributed by atoms with Gasteiger partial charge in [-0.15, -0.1) is 0 Å². The van der Waals surface area contributed by atoms with Crippen LogP contribution in [0, 0.1) is 5.92 Å². The molecule has 0 radical (unpaired) electrons. The Labute approximate surface area is 239 Å². The zero-order valence-corrected chi connectivity index (χ0v) is 23.9. The van der Waals surface area contributed by atoms with Crippen molar-refractivity contribution in [3.8, 4) is 11.5 Å². The Bertz CT molecular complexity index is 1610. The first kappa shape index (κ1) is 27.2. The highest BCUT2D eigenvalue weighted by Crippen LogP contribution is 2.35. The van der Waals surface area contributed by atoms with Gasteiger partial charge in [0.2, 0.25) is 5.91 Å². The molecular weight excluding hydrogens is 516 g/mol. The number of piperidine rings is 1. The van der Waals surface area contributed by atoms with Crippen LogP contribution in [0.25, 0.3) is 33.6 Å². The molecule has 2 fully saturated rings. The summed E-state index contributed by atoms with van der Waals surface area (Å²) in [6.45, 7) is 2.98. The van der Waals surface area contributed by atoms with Crippen molar-refractivity contribution in [1.29, 1.82) is 0 Å². The fraction of sp³-hybridized carbons (Fsp3) is 0.419. The number of rotatable bonds is 9. The molecular formula is C31H38N8O2. The van der Waals surface area contributed by atoms with Crippen LogP contribution in [0.4, 0.5) is 0 Å². The molecule has 10 heteroatoms. The summed E-state index contributed by atoms with van der Waals surface area (Å²) in [4.78, 5) is 37.2. The van der Waals surface area contributed by atoms with Crippen LogP contribution in [0.5, 0.6) is 0 Å². The van der Waals surface area contributed by atoms with Gasteiger partial charge in [-0.2, -0.15) is 0 Å². The molecule has 0 unspecified atom stereocenters. The Morgan fingerprint density at radius 2 is 1.93 bits per heavy atom. The van der Waals surface area contributed by atoms with Gasteiger partial charge in [-0.05, 0) is 75.7 Å². The first-order valence-corrected chi connectivity index (χ1v) is 14.4. The minimum atomic E-state index is -0.143. The molecule has 1 aromatic carbocycles. The van der Waals surface area contributed by atoms with Crippen molar-refractivity contribution in [1.82, 2.24) is 40.0 Å². The Morgan fingerprint density at radius 3 is 2.71 bits per heavy atom. The predicted octanol–water partition coefficient (Wildman–Crippen LogP) is 2.69. The molecule has 10 nitrogen and oxygen atoms in total. The molecule has 41 heavy (non-hydrogen) atoms. The average molecular weight is 555 g/mol. The molecule has 1 aliphatic heterocycles. The van der Waals surface area contributed by atoms with E-state index in [4.69, 9.17) is 4.98 Å². The quantitative estimate of drug-likeness (QED) is 0.275. The van der Waals surface area contributed by atoms with Gasteiger partial charge in [-0.25, -0.2) is 9.97 Å². The number of aryl methyl sites for hydroxylation is 1. The van der Waals surface area contributed by atoms with Crippen molar-refractivity contribution in [2.45, 2.75) is 37.9 Å². The summed E-state index contributed by atoms with van der Waals surface area (Å²) in [6.07, 6.45) is 8.43. The number of amides is 2. The van der Waals surface area contributed by atoms with E-state index in [0.29, 0.717) is 37.5 Å². The lowest BCUT2D eigenvalue weighted by Gasteiger charge is -2.31. The second kappa shape index (κ2) is 11.5. The highest BCUT2D eigenvalue weighted by molar-refractivity contribution is 5.98. The zero-order chi connectivity index (χ0) is 28.5. The smallest absolute Gasteiger partial charge is 0.251 e. The van der Waals surface area contributed by atoms with Gasteiger partial charge in [0.25, 0.3) is 5.91 Å². The largest absolute Gasteiger partial charge is 0.348 e. The van der Waals surface area contributed by atoms with Crippen LogP contribution in [0.1, 0.15) is 29.6 Å². The molecule has 1 saturated carbocycles. The van der Waals surface area contributed by atoms with Crippen LogP contribution in [0.15, 0.2) is 54.7 Å². The van der Waals surface area contributed by atoms with Gasteiger partial charge in [-0.1, -0.05) is 6.08 Å². The fourth-order valence-corrected chi connectivity index (χ4v) is 5.64. The summed E-state index contributed by atoms with van der Waals surface area (Å²) in [5, 5.41) is 10.6. The van der Waals surface area contributed by atoms with E-state index in [1.165, 1.54) is 12.8 Å². The maximum atomic E-state index is 13.3. The summed E-state index contributed by atoms with van der Waals surface area (Å²) in [5.41, 5.74) is 4.36. The van der Waals surface area contributed by atoms with Gasteiger partial charge in [0.1, 0.15) is 5.65 Å². The maximum absolute atomic E-state index is 13.3. The maximum Gasteiger partial charge on any atom is 0.251 e. The van der Waals surface area contributed by atoms with E-state index in [1.54, 1.807) is 6.08 Å². The van der Waals surface area contributed by atoms with Crippen molar-refractivity contribution < 1.29 is 9.59 Å². The van der Waals surface area contributed by atoms with Crippen LogP contribution < -0.4 is 16.0 Å². The fourth-order valence-electron chi connectivity index (χ4n) is 5.64. The van der Waals surface area contributed by atoms with Crippen molar-refractivity contribution in [2.24, 2.45) is 13.0 Å². The molecule has 6 rings (SSSR count). The number of likely N-dealkylation sites (N-methyl/N-ethyl adjacent to an activating group) is 1. The number of nitrogens with one attached hydrogen (secondary N) is 3. The number of nitrogens with zero attached hydrogens (tertiary/aromatic N) is 5. The van der Waals surface area contributed by atoms with Crippen LogP contribution in [-0.4, -0.2) is 81.6 Å². The number of pyridine rings is 1. The zero-order valence-electron chi connectivity index (χ0n) is 23.9. The van der Waals surface area contributed by atoms with Gasteiger partial charge in [0.15, 0.2) is 5.82 Å². The van der Waals surface area contributed by atoms with Gasteiger partial charge in [-0.3, -0.25) is 9.59 Å². The normalized spacial score (nSPS) is 19.4. The second-order valence-corrected chi connectivity index (χ2v) is 11.6. The van der Waals surface area contributed by atoms with E-state index in [9.17, 15) is 9.59 Å². The number of benzene rings is 1. The minimum absolute atomic E-state index is 0.0525. The summed E-state index contributed by atoms with van der Waals surface area (Å²) >= 11 is 0. The van der Waals surface area contributed by atoms with Crippen LogP contribution in [0.2, 0.25) is 0 Å². The van der Waals surface area contributed by atoms with Crippen molar-refractivity contribution in [2.75, 3.05) is 33.7 Å². The van der Waals surface area contributed by atoms with E-state index in [1.807, 2.05) is 62.6 Å². The SMILES string of the molecule is CN(C)C/C=C\C(=O)N[C@@H]1CNC[C@H](NC(=O)c2ccc3c(c2)nc(-c2cc4cccnc4n2CC2CC2)n3C)C1. The van der Waals surface area contributed by atoms with Crippen molar-refractivity contribution in [3.05, 3.63) is 60.3 Å². The lowest BCUT2D eigenvalue weighted by atomic mass is 10.0. The summed E-state index contributed by atoms with van der Waals surface area (Å²) < 4.78 is 4.39. The third-order valence-electron chi connectivity index (χ3n) is 7.94. The second-order valence-electron chi connectivity index (χ2n) is 11.6. The summed E-state index contributed by atoms with van der Waals surface area (Å²) in [6, 6.07) is 11.8. The van der Waals surface area contributed by atoms with Crippen LogP contribution in [0.3, 0.4) is 0 Å². The Morgan fingerprint density at radius 1 is 1.12 bits per heavy atom. The van der Waals surface area contributed by atoms with Crippen LogP contribution in [-0.2, 0) is 18.4 Å². The molecule has 214 valence electrons. The first-order chi connectivity index (χ1) is 19.9. The van der Waals surface area contributed by atoms with E-state index < -0.39 is 0 Å². The Balaban J connectivity index is 1.17. The average Bonchev–Trinajstić information content (AvgIpc) is 3.62. The van der Waals surface area contributed by atoms with Gasteiger partial charge in [0.05, 0.1) is 16.7 Å². The summed E-state index contributed by atoms with van der Waals surface area (Å²) in [7, 11) is 5.94. The lowest BCUT2D eigenvalue weighted by molar-refractivity contribution is -0.117. The number of carbonyl (C=O) groups is 2. The van der Waals surface area contributed by atoms with E-state index >= 15 is 0 Å². The molecule has 2 aliphatic rings. The minimum Gasteiger partial charge on any atom is -0.348 e. The van der Waals surface area contributed by atoms with Gasteiger partial charge < -0.3 is 30.0 Å². The Hall–Kier alpha value is -4.02. The number of aromatic nitrogens is 4. The van der Waals surface area contributed by atoms with Gasteiger partial charge in [0, 0.05) is 68.5 Å². The van der Waals surface area contributed by atoms with E-state index in [0.717, 1.165) is 40.1 Å².